The first kappa shape index (κ1) is 22.5. The van der Waals surface area contributed by atoms with Gasteiger partial charge in [0, 0.05) is 0 Å². The maximum Gasteiger partial charge on any atom is 0.144 e. The smallest absolute Gasteiger partial charge is 0.144 e. The summed E-state index contributed by atoms with van der Waals surface area (Å²) in [6.45, 7) is 2.27. The molecule has 0 atom stereocenters. The fraction of sp³-hybridized carbons (Fsp3) is 0.519. The lowest BCUT2D eigenvalue weighted by Crippen LogP contribution is -2.15. The molecular formula is C27H33F2N. The van der Waals surface area contributed by atoms with Crippen molar-refractivity contribution in [3.05, 3.63) is 59.2 Å². The number of nitriles is 1. The number of halogens is 2. The van der Waals surface area contributed by atoms with Crippen LogP contribution < -0.4 is 0 Å². The number of hydrogen-bond acceptors (Lipinski definition) is 1. The molecule has 0 aromatic heterocycles. The van der Waals surface area contributed by atoms with Crippen molar-refractivity contribution in [2.75, 3.05) is 0 Å². The Kier molecular flexibility index (Phi) is 8.43. The van der Waals surface area contributed by atoms with Crippen LogP contribution in [-0.2, 0) is 6.42 Å². The number of benzene rings is 2. The van der Waals surface area contributed by atoms with Crippen LogP contribution in [0.4, 0.5) is 8.78 Å². The molecule has 0 amide bonds. The number of nitrogens with zero attached hydrogens (tertiary/aromatic N) is 1. The van der Waals surface area contributed by atoms with E-state index in [0.717, 1.165) is 23.8 Å². The van der Waals surface area contributed by atoms with Crippen LogP contribution in [0.5, 0.6) is 0 Å². The van der Waals surface area contributed by atoms with Gasteiger partial charge in [0.15, 0.2) is 0 Å². The molecule has 1 nitrogen and oxygen atoms in total. The van der Waals surface area contributed by atoms with Crippen molar-refractivity contribution in [1.82, 2.24) is 0 Å². The van der Waals surface area contributed by atoms with Gasteiger partial charge >= 0.3 is 0 Å². The molecular weight excluding hydrogens is 376 g/mol. The summed E-state index contributed by atoms with van der Waals surface area (Å²) < 4.78 is 27.7. The average molecular weight is 410 g/mol. The van der Waals surface area contributed by atoms with Gasteiger partial charge in [0.25, 0.3) is 0 Å². The summed E-state index contributed by atoms with van der Waals surface area (Å²) >= 11 is 0. The van der Waals surface area contributed by atoms with E-state index in [0.29, 0.717) is 5.56 Å². The monoisotopic (exact) mass is 409 g/mol. The lowest BCUT2D eigenvalue weighted by atomic mass is 9.77. The molecule has 0 heterocycles. The van der Waals surface area contributed by atoms with E-state index in [1.165, 1.54) is 81.9 Å². The van der Waals surface area contributed by atoms with Gasteiger partial charge < -0.3 is 0 Å². The van der Waals surface area contributed by atoms with E-state index in [2.05, 4.69) is 19.1 Å². The molecule has 0 unspecified atom stereocenters. The van der Waals surface area contributed by atoms with Crippen LogP contribution in [0.1, 0.15) is 82.3 Å². The molecule has 0 radical (unpaired) electrons. The highest BCUT2D eigenvalue weighted by atomic mass is 19.1. The van der Waals surface area contributed by atoms with E-state index < -0.39 is 17.2 Å². The van der Waals surface area contributed by atoms with Crippen molar-refractivity contribution < 1.29 is 8.78 Å². The van der Waals surface area contributed by atoms with E-state index in [9.17, 15) is 8.78 Å². The molecule has 3 rings (SSSR count). The maximum atomic E-state index is 13.9. The Labute approximate surface area is 180 Å². The largest absolute Gasteiger partial charge is 0.205 e. The van der Waals surface area contributed by atoms with Crippen molar-refractivity contribution in [1.29, 1.82) is 5.26 Å². The molecule has 0 bridgehead atoms. The highest BCUT2D eigenvalue weighted by molar-refractivity contribution is 5.65. The molecule has 30 heavy (non-hydrogen) atoms. The van der Waals surface area contributed by atoms with Gasteiger partial charge in [-0.05, 0) is 53.5 Å². The Morgan fingerprint density at radius 2 is 1.43 bits per heavy atom. The van der Waals surface area contributed by atoms with Crippen LogP contribution in [0, 0.1) is 34.8 Å². The van der Waals surface area contributed by atoms with Crippen LogP contribution in [0.3, 0.4) is 0 Å². The third kappa shape index (κ3) is 6.14. The molecule has 0 aliphatic heterocycles. The second kappa shape index (κ2) is 11.3. The van der Waals surface area contributed by atoms with Gasteiger partial charge in [-0.1, -0.05) is 89.0 Å². The van der Waals surface area contributed by atoms with E-state index in [1.807, 2.05) is 12.1 Å². The van der Waals surface area contributed by atoms with Gasteiger partial charge in [-0.3, -0.25) is 0 Å². The van der Waals surface area contributed by atoms with Crippen LogP contribution in [0.2, 0.25) is 0 Å². The van der Waals surface area contributed by atoms with Crippen LogP contribution >= 0.6 is 0 Å². The Morgan fingerprint density at radius 1 is 0.833 bits per heavy atom. The number of hydrogen-bond donors (Lipinski definition) is 0. The highest BCUT2D eigenvalue weighted by Gasteiger charge is 2.20. The zero-order chi connectivity index (χ0) is 21.3. The SMILES string of the molecule is CCCCCCC1CCC(CCc2ccc(-c3cc(F)c(C#N)c(F)c3)cc2)CC1. The molecule has 2 aromatic rings. The van der Waals surface area contributed by atoms with Crippen LogP contribution in [0.25, 0.3) is 11.1 Å². The van der Waals surface area contributed by atoms with Gasteiger partial charge in [-0.15, -0.1) is 0 Å². The van der Waals surface area contributed by atoms with Crippen molar-refractivity contribution in [2.24, 2.45) is 11.8 Å². The third-order valence-electron chi connectivity index (χ3n) is 6.71. The van der Waals surface area contributed by atoms with E-state index in [-0.39, 0.29) is 0 Å². The summed E-state index contributed by atoms with van der Waals surface area (Å²) in [5.74, 6) is 0.166. The normalized spacial score (nSPS) is 18.9. The van der Waals surface area contributed by atoms with Gasteiger partial charge in [0.1, 0.15) is 23.3 Å². The van der Waals surface area contributed by atoms with Gasteiger partial charge in [0.05, 0.1) is 0 Å². The summed E-state index contributed by atoms with van der Waals surface area (Å²) in [5.41, 5.74) is 1.98. The lowest BCUT2D eigenvalue weighted by Gasteiger charge is -2.28. The summed E-state index contributed by atoms with van der Waals surface area (Å²) in [4.78, 5) is 0. The van der Waals surface area contributed by atoms with E-state index in [1.54, 1.807) is 6.07 Å². The second-order valence-corrected chi connectivity index (χ2v) is 8.90. The highest BCUT2D eigenvalue weighted by Crippen LogP contribution is 2.34. The van der Waals surface area contributed by atoms with Crippen molar-refractivity contribution in [3.63, 3.8) is 0 Å². The first-order valence-electron chi connectivity index (χ1n) is 11.6. The van der Waals surface area contributed by atoms with E-state index in [4.69, 9.17) is 5.26 Å². The quantitative estimate of drug-likeness (QED) is 0.383. The first-order chi connectivity index (χ1) is 14.6. The lowest BCUT2D eigenvalue weighted by molar-refractivity contribution is 0.249. The Hall–Kier alpha value is -2.21. The summed E-state index contributed by atoms with van der Waals surface area (Å²) in [7, 11) is 0. The van der Waals surface area contributed by atoms with Gasteiger partial charge in [-0.25, -0.2) is 8.78 Å². The summed E-state index contributed by atoms with van der Waals surface area (Å²) in [6, 6.07) is 12.0. The Bertz CT molecular complexity index is 819. The predicted octanol–water partition coefficient (Wildman–Crippen LogP) is 8.21. The van der Waals surface area contributed by atoms with Crippen LogP contribution in [0.15, 0.2) is 36.4 Å². The van der Waals surface area contributed by atoms with E-state index >= 15 is 0 Å². The first-order valence-corrected chi connectivity index (χ1v) is 11.6. The minimum Gasteiger partial charge on any atom is -0.205 e. The summed E-state index contributed by atoms with van der Waals surface area (Å²) in [5, 5.41) is 8.81. The predicted molar refractivity (Wildman–Crippen MR) is 119 cm³/mol. The molecule has 1 aliphatic rings. The molecule has 3 heteroatoms. The fourth-order valence-electron chi connectivity index (χ4n) is 4.75. The zero-order valence-corrected chi connectivity index (χ0v) is 18.1. The van der Waals surface area contributed by atoms with Crippen molar-refractivity contribution >= 4 is 0 Å². The third-order valence-corrected chi connectivity index (χ3v) is 6.71. The minimum atomic E-state index is -0.808. The van der Waals surface area contributed by atoms with Crippen molar-refractivity contribution in [2.45, 2.75) is 77.6 Å². The Balaban J connectivity index is 1.46. The molecule has 0 saturated heterocycles. The standard InChI is InChI=1S/C27H33F2N/c1-2-3-4-5-6-20-7-9-21(10-8-20)11-12-22-13-15-23(16-14-22)24-17-26(28)25(19-30)27(29)18-24/h13-18,20-21H,2-12H2,1H3. The van der Waals surface area contributed by atoms with Gasteiger partial charge in [0.2, 0.25) is 0 Å². The minimum absolute atomic E-state index is 0.466. The van der Waals surface area contributed by atoms with Crippen molar-refractivity contribution in [3.8, 4) is 17.2 Å². The second-order valence-electron chi connectivity index (χ2n) is 8.90. The summed E-state index contributed by atoms with van der Waals surface area (Å²) in [6.07, 6.45) is 14.7. The van der Waals surface area contributed by atoms with Gasteiger partial charge in [-0.2, -0.15) is 5.26 Å². The number of aryl methyl sites for hydroxylation is 1. The number of unbranched alkanes of at least 4 members (excludes halogenated alkanes) is 3. The molecule has 0 N–H and O–H groups in total. The molecule has 1 saturated carbocycles. The zero-order valence-electron chi connectivity index (χ0n) is 18.1. The van der Waals surface area contributed by atoms with Crippen LogP contribution in [-0.4, -0.2) is 0 Å². The fourth-order valence-corrected chi connectivity index (χ4v) is 4.75. The molecule has 160 valence electrons. The topological polar surface area (TPSA) is 23.8 Å². The Morgan fingerprint density at radius 3 is 2.00 bits per heavy atom. The number of rotatable bonds is 9. The maximum absolute atomic E-state index is 13.9. The molecule has 2 aromatic carbocycles. The molecule has 1 fully saturated rings. The molecule has 1 aliphatic carbocycles. The average Bonchev–Trinajstić information content (AvgIpc) is 2.76. The molecule has 0 spiro atoms.